The molecule has 0 saturated heterocycles. The summed E-state index contributed by atoms with van der Waals surface area (Å²) in [7, 11) is 0. The molecule has 200 valence electrons. The minimum atomic E-state index is -0.629. The van der Waals surface area contributed by atoms with Crippen LogP contribution in [0.4, 0.5) is 8.78 Å². The Bertz CT molecular complexity index is 918. The molecule has 1 unspecified atom stereocenters. The van der Waals surface area contributed by atoms with Gasteiger partial charge in [-0.25, -0.2) is 8.78 Å². The molecular formula is C33H48F2O. The highest BCUT2D eigenvalue weighted by molar-refractivity contribution is 5.65. The van der Waals surface area contributed by atoms with E-state index in [1.54, 1.807) is 0 Å². The molecule has 2 aromatic carbocycles. The van der Waals surface area contributed by atoms with Gasteiger partial charge in [0.2, 0.25) is 0 Å². The zero-order valence-corrected chi connectivity index (χ0v) is 23.4. The highest BCUT2D eigenvalue weighted by Gasteiger charge is 2.38. The largest absolute Gasteiger partial charge is 0.485 e. The molecule has 1 aliphatic carbocycles. The Balaban J connectivity index is 1.64. The summed E-state index contributed by atoms with van der Waals surface area (Å²) in [4.78, 5) is 0. The van der Waals surface area contributed by atoms with Crippen molar-refractivity contribution in [2.24, 2.45) is 5.41 Å². The van der Waals surface area contributed by atoms with Crippen molar-refractivity contribution in [3.8, 4) is 16.9 Å². The van der Waals surface area contributed by atoms with Gasteiger partial charge in [-0.05, 0) is 91.5 Å². The third-order valence-electron chi connectivity index (χ3n) is 8.64. The predicted molar refractivity (Wildman–Crippen MR) is 149 cm³/mol. The van der Waals surface area contributed by atoms with E-state index in [0.717, 1.165) is 24.8 Å². The summed E-state index contributed by atoms with van der Waals surface area (Å²) in [6, 6.07) is 11.2. The van der Waals surface area contributed by atoms with E-state index in [4.69, 9.17) is 4.74 Å². The van der Waals surface area contributed by atoms with E-state index in [1.807, 2.05) is 19.1 Å². The highest BCUT2D eigenvalue weighted by Crippen LogP contribution is 2.49. The van der Waals surface area contributed by atoms with Gasteiger partial charge >= 0.3 is 0 Å². The van der Waals surface area contributed by atoms with Crippen molar-refractivity contribution in [3.05, 3.63) is 53.6 Å². The normalized spacial score (nSPS) is 23.0. The first-order valence-electron chi connectivity index (χ1n) is 14.5. The molecule has 0 bridgehead atoms. The van der Waals surface area contributed by atoms with Crippen LogP contribution in [0.5, 0.6) is 5.75 Å². The quantitative estimate of drug-likeness (QED) is 0.250. The first kappa shape index (κ1) is 28.7. The van der Waals surface area contributed by atoms with Crippen LogP contribution in [0.2, 0.25) is 0 Å². The number of ether oxygens (including phenoxy) is 1. The fourth-order valence-electron chi connectivity index (χ4n) is 5.77. The molecule has 1 aliphatic rings. The average Bonchev–Trinajstić information content (AvgIpc) is 2.86. The third kappa shape index (κ3) is 7.56. The fourth-order valence-corrected chi connectivity index (χ4v) is 5.77. The lowest BCUT2D eigenvalue weighted by Gasteiger charge is -2.44. The Kier molecular flexibility index (Phi) is 10.4. The minimum absolute atomic E-state index is 0.171. The molecule has 0 spiro atoms. The Morgan fingerprint density at radius 3 is 1.94 bits per heavy atom. The maximum absolute atomic E-state index is 14.8. The Hall–Kier alpha value is -1.90. The van der Waals surface area contributed by atoms with E-state index in [0.29, 0.717) is 11.0 Å². The molecule has 36 heavy (non-hydrogen) atoms. The van der Waals surface area contributed by atoms with Crippen LogP contribution < -0.4 is 4.74 Å². The van der Waals surface area contributed by atoms with Gasteiger partial charge in [0.1, 0.15) is 0 Å². The number of halogens is 2. The van der Waals surface area contributed by atoms with Gasteiger partial charge in [-0.3, -0.25) is 0 Å². The third-order valence-corrected chi connectivity index (χ3v) is 8.64. The number of benzene rings is 2. The number of rotatable bonds is 13. The van der Waals surface area contributed by atoms with Gasteiger partial charge in [0.15, 0.2) is 17.4 Å². The summed E-state index contributed by atoms with van der Waals surface area (Å²) < 4.78 is 35.4. The van der Waals surface area contributed by atoms with Crippen LogP contribution in [0.1, 0.15) is 124 Å². The molecule has 1 nitrogen and oxygen atoms in total. The summed E-state index contributed by atoms with van der Waals surface area (Å²) in [6.07, 6.45) is 15.3. The molecule has 0 N–H and O–H groups in total. The summed E-state index contributed by atoms with van der Waals surface area (Å²) in [5.74, 6) is -1.51. The van der Waals surface area contributed by atoms with Crippen LogP contribution in [0, 0.1) is 17.0 Å². The van der Waals surface area contributed by atoms with Gasteiger partial charge in [0, 0.05) is 0 Å². The summed E-state index contributed by atoms with van der Waals surface area (Å²) >= 11 is 0. The van der Waals surface area contributed by atoms with Crippen molar-refractivity contribution in [2.45, 2.75) is 130 Å². The number of unbranched alkanes of at least 4 members (excludes halogenated alkanes) is 5. The zero-order chi connectivity index (χ0) is 26.2. The van der Waals surface area contributed by atoms with Crippen LogP contribution in [0.15, 0.2) is 36.4 Å². The average molecular weight is 499 g/mol. The number of hydrogen-bond acceptors (Lipinski definition) is 1. The van der Waals surface area contributed by atoms with Crippen LogP contribution in [-0.2, 0) is 5.41 Å². The van der Waals surface area contributed by atoms with Crippen molar-refractivity contribution in [1.29, 1.82) is 0 Å². The Labute approximate surface area is 219 Å². The monoisotopic (exact) mass is 498 g/mol. The van der Waals surface area contributed by atoms with Gasteiger partial charge < -0.3 is 4.74 Å². The molecule has 3 rings (SSSR count). The first-order valence-corrected chi connectivity index (χ1v) is 14.5. The molecule has 1 saturated carbocycles. The fraction of sp³-hybridized carbons (Fsp3) is 0.636. The summed E-state index contributed by atoms with van der Waals surface area (Å²) in [6.45, 7) is 11.2. The van der Waals surface area contributed by atoms with E-state index in [-0.39, 0.29) is 17.3 Å². The second-order valence-corrected chi connectivity index (χ2v) is 12.0. The van der Waals surface area contributed by atoms with E-state index in [1.165, 1.54) is 81.9 Å². The van der Waals surface area contributed by atoms with E-state index in [2.05, 4.69) is 39.8 Å². The summed E-state index contributed by atoms with van der Waals surface area (Å²) in [5.41, 5.74) is 3.36. The maximum atomic E-state index is 14.8. The van der Waals surface area contributed by atoms with Gasteiger partial charge in [0.05, 0.1) is 6.10 Å². The van der Waals surface area contributed by atoms with E-state index < -0.39 is 11.6 Å². The zero-order valence-electron chi connectivity index (χ0n) is 23.4. The number of hydrogen-bond donors (Lipinski definition) is 0. The predicted octanol–water partition coefficient (Wildman–Crippen LogP) is 10.8. The van der Waals surface area contributed by atoms with Crippen molar-refractivity contribution in [1.82, 2.24) is 0 Å². The Morgan fingerprint density at radius 2 is 1.36 bits per heavy atom. The maximum Gasteiger partial charge on any atom is 0.191 e. The van der Waals surface area contributed by atoms with Crippen LogP contribution >= 0.6 is 0 Å². The lowest BCUT2D eigenvalue weighted by molar-refractivity contribution is 0.139. The van der Waals surface area contributed by atoms with Gasteiger partial charge in [-0.15, -0.1) is 0 Å². The Morgan fingerprint density at radius 1 is 0.778 bits per heavy atom. The standard InChI is InChI=1S/C33H48F2O/c1-6-8-10-11-13-25(3)36-31-29(34)23-27(24-30(31)35)26-14-16-28(17-15-26)33(5)21-19-32(4,20-22-33)18-12-9-7-2/h14-17,23-25H,6-13,18-22H2,1-5H3. The smallest absolute Gasteiger partial charge is 0.191 e. The van der Waals surface area contributed by atoms with Crippen molar-refractivity contribution in [2.75, 3.05) is 0 Å². The SMILES string of the molecule is CCCCCCC(C)Oc1c(F)cc(-c2ccc(C3(C)CCC(C)(CCCCC)CC3)cc2)cc1F. The molecule has 0 amide bonds. The molecular weight excluding hydrogens is 450 g/mol. The van der Waals surface area contributed by atoms with Crippen molar-refractivity contribution >= 4 is 0 Å². The molecule has 0 aromatic heterocycles. The topological polar surface area (TPSA) is 9.23 Å². The first-order chi connectivity index (χ1) is 17.2. The molecule has 0 radical (unpaired) electrons. The van der Waals surface area contributed by atoms with Gasteiger partial charge in [-0.2, -0.15) is 0 Å². The lowest BCUT2D eigenvalue weighted by atomic mass is 9.61. The van der Waals surface area contributed by atoms with Gasteiger partial charge in [0.25, 0.3) is 0 Å². The van der Waals surface area contributed by atoms with Crippen molar-refractivity contribution in [3.63, 3.8) is 0 Å². The van der Waals surface area contributed by atoms with E-state index in [9.17, 15) is 8.78 Å². The van der Waals surface area contributed by atoms with Crippen LogP contribution in [-0.4, -0.2) is 6.10 Å². The summed E-state index contributed by atoms with van der Waals surface area (Å²) in [5, 5.41) is 0. The second-order valence-electron chi connectivity index (χ2n) is 12.0. The van der Waals surface area contributed by atoms with Crippen LogP contribution in [0.25, 0.3) is 11.1 Å². The van der Waals surface area contributed by atoms with Crippen molar-refractivity contribution < 1.29 is 13.5 Å². The lowest BCUT2D eigenvalue weighted by Crippen LogP contribution is -2.33. The van der Waals surface area contributed by atoms with Crippen LogP contribution in [0.3, 0.4) is 0 Å². The minimum Gasteiger partial charge on any atom is -0.485 e. The van der Waals surface area contributed by atoms with E-state index >= 15 is 0 Å². The van der Waals surface area contributed by atoms with Gasteiger partial charge in [-0.1, -0.05) is 90.5 Å². The molecule has 1 atom stereocenters. The molecule has 0 heterocycles. The molecule has 3 heteroatoms. The molecule has 2 aromatic rings. The highest BCUT2D eigenvalue weighted by atomic mass is 19.1. The second kappa shape index (κ2) is 13.1. The molecule has 0 aliphatic heterocycles. The molecule has 1 fully saturated rings.